The molecule has 1 amide bonds. The van der Waals surface area contributed by atoms with Crippen LogP contribution < -0.4 is 14.4 Å². The largest absolute Gasteiger partial charge is 0.493 e. The number of hydrogen-bond donors (Lipinski definition) is 0. The molecule has 0 radical (unpaired) electrons. The van der Waals surface area contributed by atoms with E-state index in [1.807, 2.05) is 18.2 Å². The molecule has 2 aromatic carbocycles. The average molecular weight is 382 g/mol. The summed E-state index contributed by atoms with van der Waals surface area (Å²) in [4.78, 5) is 25.6. The first-order valence-corrected chi connectivity index (χ1v) is 8.68. The summed E-state index contributed by atoms with van der Waals surface area (Å²) in [5.41, 5.74) is 1.46. The van der Waals surface area contributed by atoms with Gasteiger partial charge in [-0.05, 0) is 36.2 Å². The second-order valence-electron chi connectivity index (χ2n) is 5.82. The topological polar surface area (TPSA) is 88.9 Å². The van der Waals surface area contributed by atoms with E-state index in [9.17, 15) is 9.59 Å². The summed E-state index contributed by atoms with van der Waals surface area (Å²) in [6.45, 7) is -0.534. The van der Waals surface area contributed by atoms with Crippen LogP contribution in [0.2, 0.25) is 0 Å². The summed E-state index contributed by atoms with van der Waals surface area (Å²) in [5, 5.41) is 8.94. The van der Waals surface area contributed by atoms with E-state index in [1.54, 1.807) is 50.6 Å². The van der Waals surface area contributed by atoms with Crippen LogP contribution in [-0.2, 0) is 20.7 Å². The van der Waals surface area contributed by atoms with Gasteiger partial charge in [0.25, 0.3) is 5.91 Å². The number of hydrogen-bond acceptors (Lipinski definition) is 6. The van der Waals surface area contributed by atoms with Crippen LogP contribution >= 0.6 is 0 Å². The van der Waals surface area contributed by atoms with E-state index in [-0.39, 0.29) is 13.0 Å². The Kier molecular flexibility index (Phi) is 7.85. The number of methoxy groups -OCH3 is 2. The van der Waals surface area contributed by atoms with Gasteiger partial charge < -0.3 is 14.2 Å². The van der Waals surface area contributed by atoms with E-state index in [4.69, 9.17) is 19.5 Å². The number of amides is 1. The fraction of sp³-hybridized carbons (Fsp3) is 0.286. The van der Waals surface area contributed by atoms with Crippen LogP contribution in [0, 0.1) is 11.3 Å². The summed E-state index contributed by atoms with van der Waals surface area (Å²) < 4.78 is 15.5. The van der Waals surface area contributed by atoms with Gasteiger partial charge in [-0.1, -0.05) is 24.3 Å². The summed E-state index contributed by atoms with van der Waals surface area (Å²) in [6, 6.07) is 16.1. The van der Waals surface area contributed by atoms with Gasteiger partial charge in [-0.2, -0.15) is 5.26 Å². The SMILES string of the molecule is COc1ccc(CCC(=O)OCC(=O)N(CC#N)c2ccccc2)cc1OC. The summed E-state index contributed by atoms with van der Waals surface area (Å²) in [7, 11) is 3.10. The summed E-state index contributed by atoms with van der Waals surface area (Å²) >= 11 is 0. The van der Waals surface area contributed by atoms with Crippen LogP contribution in [0.25, 0.3) is 0 Å². The van der Waals surface area contributed by atoms with Crippen LogP contribution in [0.1, 0.15) is 12.0 Å². The third kappa shape index (κ3) is 5.74. The molecule has 0 aliphatic rings. The fourth-order valence-corrected chi connectivity index (χ4v) is 2.58. The van der Waals surface area contributed by atoms with Gasteiger partial charge in [0, 0.05) is 12.1 Å². The number of aryl methyl sites for hydroxylation is 1. The molecular weight excluding hydrogens is 360 g/mol. The Bertz CT molecular complexity index is 846. The highest BCUT2D eigenvalue weighted by atomic mass is 16.5. The molecule has 0 saturated heterocycles. The molecule has 2 aromatic rings. The van der Waals surface area contributed by atoms with Crippen molar-refractivity contribution in [3.8, 4) is 17.6 Å². The second-order valence-corrected chi connectivity index (χ2v) is 5.82. The summed E-state index contributed by atoms with van der Waals surface area (Å²) in [6.07, 6.45) is 0.556. The van der Waals surface area contributed by atoms with Crippen molar-refractivity contribution in [1.29, 1.82) is 5.26 Å². The number of benzene rings is 2. The molecule has 7 nitrogen and oxygen atoms in total. The highest BCUT2D eigenvalue weighted by Crippen LogP contribution is 2.28. The number of para-hydroxylation sites is 1. The van der Waals surface area contributed by atoms with Gasteiger partial charge in [0.05, 0.1) is 20.3 Å². The van der Waals surface area contributed by atoms with E-state index in [0.717, 1.165) is 5.56 Å². The smallest absolute Gasteiger partial charge is 0.306 e. The molecular formula is C21H22N2O5. The van der Waals surface area contributed by atoms with Crippen molar-refractivity contribution in [2.45, 2.75) is 12.8 Å². The molecule has 0 fully saturated rings. The number of esters is 1. The number of anilines is 1. The highest BCUT2D eigenvalue weighted by molar-refractivity contribution is 5.95. The number of rotatable bonds is 9. The van der Waals surface area contributed by atoms with Crippen LogP contribution in [-0.4, -0.2) is 39.2 Å². The molecule has 0 saturated carbocycles. The number of nitrogens with zero attached hydrogens (tertiary/aromatic N) is 2. The second kappa shape index (κ2) is 10.6. The number of ether oxygens (including phenoxy) is 3. The molecule has 0 aliphatic heterocycles. The minimum absolute atomic E-state index is 0.117. The summed E-state index contributed by atoms with van der Waals surface area (Å²) in [5.74, 6) is 0.247. The van der Waals surface area contributed by atoms with Crippen LogP contribution in [0.4, 0.5) is 5.69 Å². The quantitative estimate of drug-likeness (QED) is 0.489. The van der Waals surface area contributed by atoms with Gasteiger partial charge in [-0.15, -0.1) is 0 Å². The average Bonchev–Trinajstić information content (AvgIpc) is 2.74. The zero-order valence-electron chi connectivity index (χ0n) is 15.9. The molecule has 0 atom stereocenters. The molecule has 0 aromatic heterocycles. The maximum atomic E-state index is 12.3. The Morgan fingerprint density at radius 3 is 2.39 bits per heavy atom. The highest BCUT2D eigenvalue weighted by Gasteiger charge is 2.17. The molecule has 146 valence electrons. The van der Waals surface area contributed by atoms with Crippen LogP contribution in [0.5, 0.6) is 11.5 Å². The maximum absolute atomic E-state index is 12.3. The number of carbonyl (C=O) groups is 2. The lowest BCUT2D eigenvalue weighted by molar-refractivity contribution is -0.147. The minimum atomic E-state index is -0.492. The zero-order chi connectivity index (χ0) is 20.4. The van der Waals surface area contributed by atoms with Gasteiger partial charge in [-0.25, -0.2) is 0 Å². The first kappa shape index (κ1) is 20.8. The molecule has 0 unspecified atom stereocenters. The third-order valence-electron chi connectivity index (χ3n) is 4.02. The van der Waals surface area contributed by atoms with Crippen LogP contribution in [0.3, 0.4) is 0 Å². The number of carbonyl (C=O) groups excluding carboxylic acids is 2. The lowest BCUT2D eigenvalue weighted by Gasteiger charge is -2.19. The van der Waals surface area contributed by atoms with E-state index < -0.39 is 18.5 Å². The molecule has 28 heavy (non-hydrogen) atoms. The normalized spacial score (nSPS) is 9.89. The molecule has 7 heteroatoms. The van der Waals surface area contributed by atoms with Gasteiger partial charge in [0.15, 0.2) is 18.1 Å². The van der Waals surface area contributed by atoms with E-state index >= 15 is 0 Å². The Morgan fingerprint density at radius 1 is 1.04 bits per heavy atom. The van der Waals surface area contributed by atoms with Crippen molar-refractivity contribution in [2.24, 2.45) is 0 Å². The monoisotopic (exact) mass is 382 g/mol. The van der Waals surface area contributed by atoms with Crippen molar-refractivity contribution in [3.63, 3.8) is 0 Å². The van der Waals surface area contributed by atoms with Gasteiger partial charge in [0.2, 0.25) is 0 Å². The van der Waals surface area contributed by atoms with Crippen molar-refractivity contribution in [1.82, 2.24) is 0 Å². The van der Waals surface area contributed by atoms with Crippen LogP contribution in [0.15, 0.2) is 48.5 Å². The fourth-order valence-electron chi connectivity index (χ4n) is 2.58. The zero-order valence-corrected chi connectivity index (χ0v) is 15.9. The molecule has 0 N–H and O–H groups in total. The molecule has 0 spiro atoms. The Morgan fingerprint density at radius 2 is 1.75 bits per heavy atom. The van der Waals surface area contributed by atoms with Crippen molar-refractivity contribution in [2.75, 3.05) is 32.3 Å². The third-order valence-corrected chi connectivity index (χ3v) is 4.02. The number of nitriles is 1. The van der Waals surface area contributed by atoms with E-state index in [2.05, 4.69) is 0 Å². The molecule has 0 aliphatic carbocycles. The standard InChI is InChI=1S/C21H22N2O5/c1-26-18-10-8-16(14-19(18)27-2)9-11-21(25)28-15-20(24)23(13-12-22)17-6-4-3-5-7-17/h3-8,10,14H,9,11,13,15H2,1-2H3. The van der Waals surface area contributed by atoms with Gasteiger partial charge in [-0.3, -0.25) is 14.5 Å². The van der Waals surface area contributed by atoms with E-state index in [0.29, 0.717) is 23.6 Å². The molecule has 0 bridgehead atoms. The predicted octanol–water partition coefficient (Wildman–Crippen LogP) is 2.74. The Labute approximate surface area is 164 Å². The lowest BCUT2D eigenvalue weighted by Crippen LogP contribution is -2.35. The lowest BCUT2D eigenvalue weighted by atomic mass is 10.1. The van der Waals surface area contributed by atoms with Gasteiger partial charge >= 0.3 is 5.97 Å². The Hall–Kier alpha value is -3.53. The van der Waals surface area contributed by atoms with E-state index in [1.165, 1.54) is 4.90 Å². The first-order valence-electron chi connectivity index (χ1n) is 8.68. The predicted molar refractivity (Wildman–Crippen MR) is 103 cm³/mol. The van der Waals surface area contributed by atoms with Crippen molar-refractivity contribution >= 4 is 17.6 Å². The molecule has 0 heterocycles. The Balaban J connectivity index is 1.87. The first-order chi connectivity index (χ1) is 13.6. The van der Waals surface area contributed by atoms with Crippen molar-refractivity contribution in [3.05, 3.63) is 54.1 Å². The molecule has 2 rings (SSSR count). The maximum Gasteiger partial charge on any atom is 0.306 e. The van der Waals surface area contributed by atoms with Gasteiger partial charge in [0.1, 0.15) is 6.54 Å². The van der Waals surface area contributed by atoms with Crippen molar-refractivity contribution < 1.29 is 23.8 Å². The minimum Gasteiger partial charge on any atom is -0.493 e.